The van der Waals surface area contributed by atoms with Crippen molar-refractivity contribution in [3.63, 3.8) is 0 Å². The van der Waals surface area contributed by atoms with Crippen LogP contribution in [0.1, 0.15) is 24.3 Å². The highest BCUT2D eigenvalue weighted by Crippen LogP contribution is 2.33. The van der Waals surface area contributed by atoms with E-state index in [-0.39, 0.29) is 37.3 Å². The van der Waals surface area contributed by atoms with Gasteiger partial charge in [-0.2, -0.15) is 8.78 Å². The Kier molecular flexibility index (Phi) is 6.76. The maximum Gasteiger partial charge on any atom is 0.387 e. The van der Waals surface area contributed by atoms with E-state index in [1.807, 2.05) is 0 Å². The Labute approximate surface area is 195 Å². The van der Waals surface area contributed by atoms with E-state index in [4.69, 9.17) is 0 Å². The number of urea groups is 1. The van der Waals surface area contributed by atoms with Gasteiger partial charge in [-0.05, 0) is 24.6 Å². The molecule has 8 nitrogen and oxygen atoms in total. The Morgan fingerprint density at radius 2 is 1.74 bits per heavy atom. The maximum absolute atomic E-state index is 14.7. The lowest BCUT2D eigenvalue weighted by atomic mass is 9.89. The molecule has 4 rings (SSSR count). The van der Waals surface area contributed by atoms with Gasteiger partial charge in [0.25, 0.3) is 0 Å². The monoisotopic (exact) mass is 498 g/mol. The van der Waals surface area contributed by atoms with Gasteiger partial charge in [-0.1, -0.05) is 0 Å². The van der Waals surface area contributed by atoms with E-state index in [0.29, 0.717) is 0 Å². The molecule has 2 heterocycles. The van der Waals surface area contributed by atoms with Gasteiger partial charge >= 0.3 is 12.6 Å². The second-order valence-corrected chi connectivity index (χ2v) is 8.08. The van der Waals surface area contributed by atoms with Gasteiger partial charge in [0.05, 0.1) is 12.0 Å². The number of carbonyl (C=O) groups excluding carboxylic acids is 3. The zero-order valence-corrected chi connectivity index (χ0v) is 17.9. The van der Waals surface area contributed by atoms with E-state index in [0.717, 1.165) is 30.3 Å². The van der Waals surface area contributed by atoms with Crippen LogP contribution in [0.15, 0.2) is 30.3 Å². The van der Waals surface area contributed by atoms with Crippen molar-refractivity contribution in [2.75, 3.05) is 23.3 Å². The SMILES string of the molecule is O=C1CC[C@H](c2c(F)cc(N3CC(NC(=O)Nc4cc(F)cc(OC(F)F)c4)C3)cc2F)C(=O)N1. The van der Waals surface area contributed by atoms with Gasteiger partial charge in [0.1, 0.15) is 23.2 Å². The summed E-state index contributed by atoms with van der Waals surface area (Å²) in [5, 5.41) is 6.94. The predicted octanol–water partition coefficient (Wildman–Crippen LogP) is 3.24. The first kappa shape index (κ1) is 24.2. The predicted molar refractivity (Wildman–Crippen MR) is 113 cm³/mol. The Bertz CT molecular complexity index is 1150. The molecule has 0 bridgehead atoms. The third-order valence-corrected chi connectivity index (χ3v) is 5.59. The standard InChI is InChI=1S/C22H19F5N4O4/c23-10-3-11(5-14(4-10)35-21(26)27)28-22(34)29-12-8-31(9-12)13-6-16(24)19(17(25)7-13)15-1-2-18(32)30-20(15)33/h3-7,12,15,21H,1-2,8-9H2,(H2,28,29,34)(H,30,32,33)/t15-/m1/s1. The zero-order valence-electron chi connectivity index (χ0n) is 17.9. The van der Waals surface area contributed by atoms with Gasteiger partial charge in [0.15, 0.2) is 0 Å². The quantitative estimate of drug-likeness (QED) is 0.420. The number of piperidine rings is 1. The number of carbonyl (C=O) groups is 3. The van der Waals surface area contributed by atoms with Gasteiger partial charge in [-0.15, -0.1) is 0 Å². The molecule has 0 saturated carbocycles. The minimum absolute atomic E-state index is 0.00371. The van der Waals surface area contributed by atoms with E-state index in [9.17, 15) is 36.3 Å². The summed E-state index contributed by atoms with van der Waals surface area (Å²) in [6.45, 7) is -2.76. The molecule has 2 aromatic carbocycles. The molecule has 4 amide bonds. The lowest BCUT2D eigenvalue weighted by Crippen LogP contribution is -2.60. The number of hydrogen-bond acceptors (Lipinski definition) is 5. The van der Waals surface area contributed by atoms with E-state index in [1.165, 1.54) is 0 Å². The zero-order chi connectivity index (χ0) is 25.3. The van der Waals surface area contributed by atoms with Gasteiger partial charge in [-0.25, -0.2) is 18.0 Å². The van der Waals surface area contributed by atoms with Crippen LogP contribution in [0.25, 0.3) is 0 Å². The molecular formula is C22H19F5N4O4. The molecule has 2 fully saturated rings. The minimum Gasteiger partial charge on any atom is -0.435 e. The van der Waals surface area contributed by atoms with E-state index in [1.54, 1.807) is 4.90 Å². The molecule has 0 aliphatic carbocycles. The van der Waals surface area contributed by atoms with E-state index >= 15 is 0 Å². The van der Waals surface area contributed by atoms with Crippen LogP contribution in [0.3, 0.4) is 0 Å². The number of anilines is 2. The number of rotatable bonds is 6. The summed E-state index contributed by atoms with van der Waals surface area (Å²) in [6.07, 6.45) is -0.0154. The molecule has 0 radical (unpaired) electrons. The largest absolute Gasteiger partial charge is 0.435 e. The van der Waals surface area contributed by atoms with Crippen LogP contribution in [0.2, 0.25) is 0 Å². The lowest BCUT2D eigenvalue weighted by molar-refractivity contribution is -0.134. The van der Waals surface area contributed by atoms with Gasteiger partial charge < -0.3 is 20.3 Å². The molecule has 0 aromatic heterocycles. The number of benzene rings is 2. The van der Waals surface area contributed by atoms with E-state index < -0.39 is 65.2 Å². The first-order valence-electron chi connectivity index (χ1n) is 10.5. The lowest BCUT2D eigenvalue weighted by Gasteiger charge is -2.41. The third kappa shape index (κ3) is 5.61. The summed E-state index contributed by atoms with van der Waals surface area (Å²) in [7, 11) is 0. The Hall–Kier alpha value is -3.90. The Morgan fingerprint density at radius 1 is 1.06 bits per heavy atom. The van der Waals surface area contributed by atoms with Crippen LogP contribution in [-0.2, 0) is 9.59 Å². The number of hydrogen-bond donors (Lipinski definition) is 3. The van der Waals surface area contributed by atoms with Crippen molar-refractivity contribution in [3.05, 3.63) is 53.3 Å². The fourth-order valence-electron chi connectivity index (χ4n) is 3.99. The highest BCUT2D eigenvalue weighted by Gasteiger charge is 2.34. The second-order valence-electron chi connectivity index (χ2n) is 8.08. The molecule has 3 N–H and O–H groups in total. The van der Waals surface area contributed by atoms with Gasteiger partial charge in [-0.3, -0.25) is 14.9 Å². The normalized spacial score (nSPS) is 18.2. The average Bonchev–Trinajstić information content (AvgIpc) is 2.70. The fourth-order valence-corrected chi connectivity index (χ4v) is 3.99. The summed E-state index contributed by atoms with van der Waals surface area (Å²) in [5.41, 5.74) is -0.311. The topological polar surface area (TPSA) is 99.8 Å². The number of amides is 4. The Balaban J connectivity index is 1.34. The number of nitrogens with zero attached hydrogens (tertiary/aromatic N) is 1. The summed E-state index contributed by atoms with van der Waals surface area (Å²) in [5.74, 6) is -5.55. The molecule has 2 aromatic rings. The maximum atomic E-state index is 14.7. The van der Waals surface area contributed by atoms with Crippen molar-refractivity contribution in [1.82, 2.24) is 10.6 Å². The number of nitrogens with one attached hydrogen (secondary N) is 3. The summed E-state index contributed by atoms with van der Waals surface area (Å²) in [6, 6.07) is 3.68. The van der Waals surface area contributed by atoms with Crippen molar-refractivity contribution >= 4 is 29.2 Å². The number of halogens is 5. The Morgan fingerprint density at radius 3 is 2.37 bits per heavy atom. The van der Waals surface area contributed by atoms with Crippen LogP contribution in [-0.4, -0.2) is 43.6 Å². The van der Waals surface area contributed by atoms with Gasteiger partial charge in [0, 0.05) is 48.6 Å². The highest BCUT2D eigenvalue weighted by molar-refractivity contribution is 6.01. The van der Waals surface area contributed by atoms with Crippen LogP contribution in [0, 0.1) is 17.5 Å². The smallest absolute Gasteiger partial charge is 0.387 e. The molecule has 13 heteroatoms. The number of ether oxygens (including phenoxy) is 1. The molecule has 35 heavy (non-hydrogen) atoms. The number of imide groups is 1. The first-order chi connectivity index (χ1) is 16.6. The van der Waals surface area contributed by atoms with E-state index in [2.05, 4.69) is 20.7 Å². The molecule has 2 aliphatic rings. The number of alkyl halides is 2. The molecule has 1 atom stereocenters. The third-order valence-electron chi connectivity index (χ3n) is 5.59. The van der Waals surface area contributed by atoms with Crippen molar-refractivity contribution in [2.45, 2.75) is 31.4 Å². The molecule has 2 aliphatic heterocycles. The summed E-state index contributed by atoms with van der Waals surface area (Å²) in [4.78, 5) is 37.0. The van der Waals surface area contributed by atoms with Gasteiger partial charge in [0.2, 0.25) is 11.8 Å². The minimum atomic E-state index is -3.16. The first-order valence-corrected chi connectivity index (χ1v) is 10.5. The fraction of sp³-hybridized carbons (Fsp3) is 0.318. The van der Waals surface area contributed by atoms with Crippen LogP contribution in [0.4, 0.5) is 38.1 Å². The van der Waals surface area contributed by atoms with Crippen molar-refractivity contribution in [2.24, 2.45) is 0 Å². The van der Waals surface area contributed by atoms with Crippen LogP contribution < -0.4 is 25.6 Å². The summed E-state index contributed by atoms with van der Waals surface area (Å²) < 4.78 is 71.7. The molecular weight excluding hydrogens is 479 g/mol. The average molecular weight is 498 g/mol. The second kappa shape index (κ2) is 9.76. The molecule has 186 valence electrons. The van der Waals surface area contributed by atoms with Crippen LogP contribution >= 0.6 is 0 Å². The highest BCUT2D eigenvalue weighted by atomic mass is 19.3. The van der Waals surface area contributed by atoms with Crippen molar-refractivity contribution in [1.29, 1.82) is 0 Å². The molecule has 0 spiro atoms. The van der Waals surface area contributed by atoms with Crippen molar-refractivity contribution < 1.29 is 41.1 Å². The summed E-state index contributed by atoms with van der Waals surface area (Å²) >= 11 is 0. The van der Waals surface area contributed by atoms with Crippen molar-refractivity contribution in [3.8, 4) is 5.75 Å². The molecule has 2 saturated heterocycles. The van der Waals surface area contributed by atoms with Crippen LogP contribution in [0.5, 0.6) is 5.75 Å². The molecule has 0 unspecified atom stereocenters.